The van der Waals surface area contributed by atoms with Crippen molar-refractivity contribution >= 4 is 77.6 Å². The van der Waals surface area contributed by atoms with Crippen LogP contribution in [0.2, 0.25) is 0 Å². The van der Waals surface area contributed by atoms with E-state index in [0.717, 1.165) is 67.2 Å². The Labute approximate surface area is 396 Å². The van der Waals surface area contributed by atoms with Gasteiger partial charge in [0, 0.05) is 44.5 Å². The van der Waals surface area contributed by atoms with E-state index in [1.165, 1.54) is 54.9 Å². The van der Waals surface area contributed by atoms with Crippen LogP contribution in [0.1, 0.15) is 25.0 Å². The molecule has 68 heavy (non-hydrogen) atoms. The van der Waals surface area contributed by atoms with Crippen LogP contribution in [-0.4, -0.2) is 0 Å². The zero-order chi connectivity index (χ0) is 45.3. The van der Waals surface area contributed by atoms with Gasteiger partial charge in [-0.1, -0.05) is 190 Å². The van der Waals surface area contributed by atoms with Gasteiger partial charge >= 0.3 is 0 Å². The second-order valence-corrected chi connectivity index (χ2v) is 18.4. The molecule has 3 heteroatoms. The highest BCUT2D eigenvalue weighted by Gasteiger charge is 2.37. The molecule has 0 fully saturated rings. The van der Waals surface area contributed by atoms with Gasteiger partial charge in [0.15, 0.2) is 5.58 Å². The molecule has 322 valence electrons. The average molecular weight is 871 g/mol. The topological polar surface area (TPSA) is 19.6 Å². The van der Waals surface area contributed by atoms with Gasteiger partial charge in [-0.25, -0.2) is 0 Å². The van der Waals surface area contributed by atoms with Gasteiger partial charge in [-0.05, 0) is 127 Å². The number of anilines is 6. The summed E-state index contributed by atoms with van der Waals surface area (Å²) < 4.78 is 6.83. The van der Waals surface area contributed by atoms with Crippen LogP contribution in [0.25, 0.3) is 76.9 Å². The quantitative estimate of drug-likeness (QED) is 0.142. The van der Waals surface area contributed by atoms with Gasteiger partial charge in [0.05, 0.1) is 11.4 Å². The molecule has 13 rings (SSSR count). The summed E-state index contributed by atoms with van der Waals surface area (Å²) in [5, 5.41) is 7.16. The summed E-state index contributed by atoms with van der Waals surface area (Å²) >= 11 is 0. The maximum atomic E-state index is 6.83. The summed E-state index contributed by atoms with van der Waals surface area (Å²) in [6.45, 7) is 4.81. The maximum absolute atomic E-state index is 6.83. The van der Waals surface area contributed by atoms with Crippen molar-refractivity contribution in [2.45, 2.75) is 19.3 Å². The van der Waals surface area contributed by atoms with Crippen LogP contribution in [0.5, 0.6) is 0 Å². The lowest BCUT2D eigenvalue weighted by Crippen LogP contribution is -2.24. The summed E-state index contributed by atoms with van der Waals surface area (Å²) in [5.74, 6) is 0. The van der Waals surface area contributed by atoms with Crippen molar-refractivity contribution in [3.63, 3.8) is 0 Å². The van der Waals surface area contributed by atoms with E-state index in [0.29, 0.717) is 0 Å². The molecule has 0 N–H and O–H groups in total. The molecule has 0 spiro atoms. The Morgan fingerprint density at radius 3 is 1.66 bits per heavy atom. The second-order valence-electron chi connectivity index (χ2n) is 18.4. The van der Waals surface area contributed by atoms with Gasteiger partial charge in [-0.3, -0.25) is 0 Å². The van der Waals surface area contributed by atoms with Crippen molar-refractivity contribution in [3.8, 4) is 33.4 Å². The minimum absolute atomic E-state index is 0.326. The second kappa shape index (κ2) is 15.8. The molecule has 0 radical (unpaired) electrons. The van der Waals surface area contributed by atoms with E-state index in [4.69, 9.17) is 4.42 Å². The standard InChI is InChI=1S/C65H46N2O/c1-65(2)56-33-19-31-51-55-41-47(67(58-34-17-15-29-49(58)43-21-7-3-8-22-43)59-35-20-32-53-50-30-16-18-36-60(50)68-64(53)59)37-39-52(55)61(44-23-9-4-10-24-44)63(62(51)56)54-40-38-48(42-57(54)65)66(45-25-11-5-12-26-45)46-27-13-6-14-28-46/h3-42H,1-2H3. The number of hydrogen-bond donors (Lipinski definition) is 0. The zero-order valence-electron chi connectivity index (χ0n) is 37.9. The molecule has 1 aromatic heterocycles. The Morgan fingerprint density at radius 2 is 0.912 bits per heavy atom. The average Bonchev–Trinajstić information content (AvgIpc) is 3.79. The Kier molecular flexibility index (Phi) is 9.19. The number of fused-ring (bicyclic) bond motifs is 7. The third kappa shape index (κ3) is 6.20. The highest BCUT2D eigenvalue weighted by Crippen LogP contribution is 2.56. The van der Waals surface area contributed by atoms with Crippen molar-refractivity contribution in [1.29, 1.82) is 0 Å². The summed E-state index contributed by atoms with van der Waals surface area (Å²) in [6, 6.07) is 88.0. The van der Waals surface area contributed by atoms with Crippen LogP contribution in [0.4, 0.5) is 34.1 Å². The minimum Gasteiger partial charge on any atom is -0.454 e. The number of benzene rings is 11. The lowest BCUT2D eigenvalue weighted by molar-refractivity contribution is 0.645. The van der Waals surface area contributed by atoms with E-state index < -0.39 is 0 Å². The Morgan fingerprint density at radius 1 is 0.338 bits per heavy atom. The maximum Gasteiger partial charge on any atom is 0.159 e. The Hall–Kier alpha value is -8.66. The molecule has 0 atom stereocenters. The lowest BCUT2D eigenvalue weighted by Gasteiger charge is -2.38. The van der Waals surface area contributed by atoms with E-state index in [2.05, 4.69) is 260 Å². The molecular weight excluding hydrogens is 825 g/mol. The number of para-hydroxylation sites is 5. The summed E-state index contributed by atoms with van der Waals surface area (Å²) in [5.41, 5.74) is 17.8. The monoisotopic (exact) mass is 870 g/mol. The molecule has 1 heterocycles. The molecule has 11 aromatic carbocycles. The van der Waals surface area contributed by atoms with Gasteiger partial charge < -0.3 is 14.2 Å². The first-order valence-corrected chi connectivity index (χ1v) is 23.5. The summed E-state index contributed by atoms with van der Waals surface area (Å²) in [7, 11) is 0. The smallest absolute Gasteiger partial charge is 0.159 e. The third-order valence-electron chi connectivity index (χ3n) is 14.2. The molecule has 0 saturated heterocycles. The fraction of sp³-hybridized carbons (Fsp3) is 0.0462. The normalized spacial score (nSPS) is 12.7. The van der Waals surface area contributed by atoms with Crippen LogP contribution in [0.3, 0.4) is 0 Å². The largest absolute Gasteiger partial charge is 0.454 e. The van der Waals surface area contributed by atoms with Crippen LogP contribution in [0, 0.1) is 0 Å². The molecule has 1 aliphatic carbocycles. The molecule has 0 unspecified atom stereocenters. The highest BCUT2D eigenvalue weighted by molar-refractivity contribution is 6.24. The Bertz CT molecular complexity index is 3840. The fourth-order valence-corrected chi connectivity index (χ4v) is 11.1. The van der Waals surface area contributed by atoms with Crippen LogP contribution < -0.4 is 9.80 Å². The predicted molar refractivity (Wildman–Crippen MR) is 287 cm³/mol. The molecule has 1 aliphatic rings. The number of nitrogens with zero attached hydrogens (tertiary/aromatic N) is 2. The fourth-order valence-electron chi connectivity index (χ4n) is 11.1. The lowest BCUT2D eigenvalue weighted by atomic mass is 9.66. The third-order valence-corrected chi connectivity index (χ3v) is 14.2. The van der Waals surface area contributed by atoms with Crippen molar-refractivity contribution in [1.82, 2.24) is 0 Å². The predicted octanol–water partition coefficient (Wildman–Crippen LogP) is 18.5. The van der Waals surface area contributed by atoms with Crippen LogP contribution in [0.15, 0.2) is 247 Å². The number of furan rings is 1. The highest BCUT2D eigenvalue weighted by atomic mass is 16.3. The first-order valence-electron chi connectivity index (χ1n) is 23.5. The van der Waals surface area contributed by atoms with E-state index in [-0.39, 0.29) is 5.41 Å². The van der Waals surface area contributed by atoms with Crippen molar-refractivity contribution in [2.75, 3.05) is 9.80 Å². The van der Waals surface area contributed by atoms with E-state index in [1.807, 2.05) is 6.07 Å². The minimum atomic E-state index is -0.326. The molecule has 0 saturated carbocycles. The van der Waals surface area contributed by atoms with Gasteiger partial charge in [-0.2, -0.15) is 0 Å². The molecule has 12 aromatic rings. The van der Waals surface area contributed by atoms with Crippen LogP contribution in [-0.2, 0) is 5.41 Å². The van der Waals surface area contributed by atoms with E-state index in [9.17, 15) is 0 Å². The number of hydrogen-bond acceptors (Lipinski definition) is 3. The van der Waals surface area contributed by atoms with E-state index >= 15 is 0 Å². The molecule has 0 aliphatic heterocycles. The van der Waals surface area contributed by atoms with E-state index in [1.54, 1.807) is 0 Å². The molecule has 0 amide bonds. The molecular formula is C65H46N2O. The summed E-state index contributed by atoms with van der Waals surface area (Å²) in [4.78, 5) is 4.79. The van der Waals surface area contributed by atoms with Gasteiger partial charge in [0.1, 0.15) is 5.58 Å². The van der Waals surface area contributed by atoms with Crippen LogP contribution >= 0.6 is 0 Å². The summed E-state index contributed by atoms with van der Waals surface area (Å²) in [6.07, 6.45) is 0. The van der Waals surface area contributed by atoms with Gasteiger partial charge in [0.25, 0.3) is 0 Å². The van der Waals surface area contributed by atoms with Crippen molar-refractivity contribution in [2.24, 2.45) is 0 Å². The van der Waals surface area contributed by atoms with Gasteiger partial charge in [0.2, 0.25) is 0 Å². The molecule has 0 bridgehead atoms. The first kappa shape index (κ1) is 39.7. The van der Waals surface area contributed by atoms with Crippen molar-refractivity contribution in [3.05, 3.63) is 254 Å². The number of rotatable bonds is 8. The zero-order valence-corrected chi connectivity index (χ0v) is 37.9. The SMILES string of the molecule is CC1(C)c2cc(N(c3ccccc3)c3ccccc3)ccc2-c2c(-c3ccccc3)c3ccc(N(c4ccccc4-c4ccccc4)c4cccc5c4oc4ccccc45)cc3c3cccc1c23. The first-order chi connectivity index (χ1) is 33.5. The molecule has 3 nitrogen and oxygen atoms in total. The van der Waals surface area contributed by atoms with Crippen molar-refractivity contribution < 1.29 is 4.42 Å². The Balaban J connectivity index is 1.09. The van der Waals surface area contributed by atoms with Gasteiger partial charge in [-0.15, -0.1) is 0 Å².